The number of hydrogen-bond donors (Lipinski definition) is 0. The van der Waals surface area contributed by atoms with Crippen molar-refractivity contribution in [1.82, 2.24) is 0 Å². The lowest BCUT2D eigenvalue weighted by atomic mass is 9.92. The molecule has 0 aliphatic heterocycles. The van der Waals surface area contributed by atoms with E-state index in [1.165, 1.54) is 24.3 Å². The van der Waals surface area contributed by atoms with Gasteiger partial charge in [-0.3, -0.25) is 0 Å². The molecule has 0 bridgehead atoms. The summed E-state index contributed by atoms with van der Waals surface area (Å²) in [5.74, 6) is -1.54. The summed E-state index contributed by atoms with van der Waals surface area (Å²) in [6, 6.07) is 21.5. The lowest BCUT2D eigenvalue weighted by Gasteiger charge is -2.15. The molecule has 0 heterocycles. The van der Waals surface area contributed by atoms with Gasteiger partial charge in [0, 0.05) is 11.1 Å². The summed E-state index contributed by atoms with van der Waals surface area (Å²) in [6.07, 6.45) is -3.04. The number of alkyl halides is 2. The summed E-state index contributed by atoms with van der Waals surface area (Å²) in [7, 11) is 0. The Kier molecular flexibility index (Phi) is 5.64. The Labute approximate surface area is 178 Å². The van der Waals surface area contributed by atoms with E-state index in [0.717, 1.165) is 11.1 Å². The van der Waals surface area contributed by atoms with E-state index in [0.29, 0.717) is 16.7 Å². The molecule has 0 aromatic heterocycles. The second-order valence-electron chi connectivity index (χ2n) is 7.62. The van der Waals surface area contributed by atoms with Crippen LogP contribution in [0.3, 0.4) is 0 Å². The largest absolute Gasteiger partial charge is 0.267 e. The molecule has 31 heavy (non-hydrogen) atoms. The second kappa shape index (κ2) is 8.38. The van der Waals surface area contributed by atoms with Crippen molar-refractivity contribution in [2.24, 2.45) is 0 Å². The molecule has 156 valence electrons. The van der Waals surface area contributed by atoms with E-state index in [4.69, 9.17) is 0 Å². The van der Waals surface area contributed by atoms with Gasteiger partial charge in [-0.2, -0.15) is 0 Å². The van der Waals surface area contributed by atoms with Gasteiger partial charge in [0.1, 0.15) is 11.6 Å². The third-order valence-electron chi connectivity index (χ3n) is 5.40. The topological polar surface area (TPSA) is 0 Å². The molecule has 0 radical (unpaired) electrons. The summed E-state index contributed by atoms with van der Waals surface area (Å²) in [5, 5.41) is 0. The van der Waals surface area contributed by atoms with Crippen molar-refractivity contribution in [3.8, 4) is 33.4 Å². The maximum absolute atomic E-state index is 15.2. The molecule has 4 heteroatoms. The molecule has 0 saturated heterocycles. The lowest BCUT2D eigenvalue weighted by Crippen LogP contribution is -1.99. The zero-order chi connectivity index (χ0) is 22.1. The number of rotatable bonds is 4. The van der Waals surface area contributed by atoms with Crippen molar-refractivity contribution in [1.29, 1.82) is 0 Å². The van der Waals surface area contributed by atoms with Gasteiger partial charge in [-0.05, 0) is 42.2 Å². The van der Waals surface area contributed by atoms with Crippen LogP contribution in [0.25, 0.3) is 33.4 Å². The highest BCUT2D eigenvalue weighted by molar-refractivity contribution is 5.77. The first-order valence-corrected chi connectivity index (χ1v) is 9.89. The first-order valence-electron chi connectivity index (χ1n) is 9.89. The van der Waals surface area contributed by atoms with Gasteiger partial charge in [-0.25, -0.2) is 17.6 Å². The first kappa shape index (κ1) is 20.9. The molecular weight excluding hydrogens is 400 g/mol. The first-order chi connectivity index (χ1) is 14.8. The van der Waals surface area contributed by atoms with Gasteiger partial charge >= 0.3 is 0 Å². The number of aryl methyl sites for hydroxylation is 2. The molecule has 0 aliphatic carbocycles. The fourth-order valence-electron chi connectivity index (χ4n) is 3.66. The highest BCUT2D eigenvalue weighted by Crippen LogP contribution is 2.39. The van der Waals surface area contributed by atoms with Crippen molar-refractivity contribution in [3.63, 3.8) is 0 Å². The van der Waals surface area contributed by atoms with Crippen molar-refractivity contribution in [3.05, 3.63) is 107 Å². The van der Waals surface area contributed by atoms with Crippen LogP contribution in [0.4, 0.5) is 17.6 Å². The highest BCUT2D eigenvalue weighted by atomic mass is 19.3. The zero-order valence-electron chi connectivity index (χ0n) is 17.1. The van der Waals surface area contributed by atoms with Crippen LogP contribution in [-0.2, 0) is 0 Å². The average molecular weight is 420 g/mol. The molecule has 0 atom stereocenters. The molecule has 0 N–H and O–H groups in total. The van der Waals surface area contributed by atoms with Crippen molar-refractivity contribution >= 4 is 0 Å². The van der Waals surface area contributed by atoms with Crippen LogP contribution < -0.4 is 0 Å². The molecule has 0 saturated carbocycles. The summed E-state index contributed by atoms with van der Waals surface area (Å²) in [4.78, 5) is 0. The van der Waals surface area contributed by atoms with E-state index in [2.05, 4.69) is 0 Å². The smallest absolute Gasteiger partial charge is 0.206 e. The van der Waals surface area contributed by atoms with E-state index < -0.39 is 23.6 Å². The van der Waals surface area contributed by atoms with Crippen molar-refractivity contribution < 1.29 is 17.6 Å². The standard InChI is InChI=1S/C27H20F4/c1-16-3-7-18(8-4-16)21-12-11-20(15-24(21)28)22-13-14-23(26(29)25(22)27(30)31)19-9-5-17(2)6-10-19/h3-15,27H,1-2H3. The predicted octanol–water partition coefficient (Wildman–Crippen LogP) is 8.52. The summed E-state index contributed by atoms with van der Waals surface area (Å²) in [5.41, 5.74) is 3.15. The van der Waals surface area contributed by atoms with Crippen molar-refractivity contribution in [2.75, 3.05) is 0 Å². The molecule has 0 nitrogen and oxygen atoms in total. The van der Waals surface area contributed by atoms with Crippen LogP contribution in [0.5, 0.6) is 0 Å². The van der Waals surface area contributed by atoms with Gasteiger partial charge < -0.3 is 0 Å². The Hall–Kier alpha value is -3.40. The zero-order valence-corrected chi connectivity index (χ0v) is 17.1. The molecule has 0 fully saturated rings. The Morgan fingerprint density at radius 3 is 1.52 bits per heavy atom. The van der Waals surface area contributed by atoms with Crippen molar-refractivity contribution in [2.45, 2.75) is 20.3 Å². The Balaban J connectivity index is 1.80. The Morgan fingerprint density at radius 1 is 0.548 bits per heavy atom. The third-order valence-corrected chi connectivity index (χ3v) is 5.40. The molecular formula is C27H20F4. The monoisotopic (exact) mass is 420 g/mol. The maximum atomic E-state index is 15.2. The van der Waals surface area contributed by atoms with Gasteiger partial charge in [0.05, 0.1) is 5.56 Å². The lowest BCUT2D eigenvalue weighted by molar-refractivity contribution is 0.147. The minimum atomic E-state index is -3.04. The van der Waals surface area contributed by atoms with E-state index in [1.54, 1.807) is 42.5 Å². The van der Waals surface area contributed by atoms with Crippen LogP contribution in [-0.4, -0.2) is 0 Å². The van der Waals surface area contributed by atoms with E-state index >= 15 is 4.39 Å². The van der Waals surface area contributed by atoms with Gasteiger partial charge in [0.2, 0.25) is 0 Å². The summed E-state index contributed by atoms with van der Waals surface area (Å²) >= 11 is 0. The summed E-state index contributed by atoms with van der Waals surface area (Å²) in [6.45, 7) is 3.83. The number of hydrogen-bond acceptors (Lipinski definition) is 0. The quantitative estimate of drug-likeness (QED) is 0.290. The number of benzene rings is 4. The Bertz CT molecular complexity index is 1220. The van der Waals surface area contributed by atoms with Crippen LogP contribution in [0.2, 0.25) is 0 Å². The number of halogens is 4. The Morgan fingerprint density at radius 2 is 1.00 bits per heavy atom. The highest BCUT2D eigenvalue weighted by Gasteiger charge is 2.23. The normalized spacial score (nSPS) is 11.2. The third kappa shape index (κ3) is 4.11. The minimum absolute atomic E-state index is 0.0160. The minimum Gasteiger partial charge on any atom is -0.206 e. The second-order valence-corrected chi connectivity index (χ2v) is 7.62. The van der Waals surface area contributed by atoms with Crippen LogP contribution in [0.1, 0.15) is 23.1 Å². The predicted molar refractivity (Wildman–Crippen MR) is 117 cm³/mol. The van der Waals surface area contributed by atoms with Gasteiger partial charge in [0.25, 0.3) is 6.43 Å². The maximum Gasteiger partial charge on any atom is 0.267 e. The fraction of sp³-hybridized carbons (Fsp3) is 0.111. The van der Waals surface area contributed by atoms with Gasteiger partial charge in [-0.1, -0.05) is 83.9 Å². The van der Waals surface area contributed by atoms with Gasteiger partial charge in [-0.15, -0.1) is 0 Å². The summed E-state index contributed by atoms with van der Waals surface area (Å²) < 4.78 is 57.8. The van der Waals surface area contributed by atoms with E-state index in [1.807, 2.05) is 26.0 Å². The molecule has 0 amide bonds. The van der Waals surface area contributed by atoms with Crippen LogP contribution in [0, 0.1) is 25.5 Å². The van der Waals surface area contributed by atoms with Gasteiger partial charge in [0.15, 0.2) is 0 Å². The molecule has 4 aromatic rings. The SMILES string of the molecule is Cc1ccc(-c2ccc(-c3ccc(-c4ccc(C)cc4)c(F)c3C(F)F)cc2F)cc1. The van der Waals surface area contributed by atoms with E-state index in [9.17, 15) is 13.2 Å². The molecule has 0 unspecified atom stereocenters. The molecule has 4 rings (SSSR count). The fourth-order valence-corrected chi connectivity index (χ4v) is 3.66. The molecule has 0 spiro atoms. The molecule has 0 aliphatic rings. The molecule has 4 aromatic carbocycles. The van der Waals surface area contributed by atoms with Crippen LogP contribution in [0.15, 0.2) is 78.9 Å². The van der Waals surface area contributed by atoms with E-state index in [-0.39, 0.29) is 16.7 Å². The van der Waals surface area contributed by atoms with Crippen LogP contribution >= 0.6 is 0 Å². The average Bonchev–Trinajstić information content (AvgIpc) is 2.75.